The maximum atomic E-state index is 12.3. The highest BCUT2D eigenvalue weighted by atomic mass is 16.5. The number of aromatic amines is 1. The number of nitrogens with one attached hydrogen (secondary N) is 1. The van der Waals surface area contributed by atoms with Crippen molar-refractivity contribution >= 4 is 0 Å². The fourth-order valence-corrected chi connectivity index (χ4v) is 2.61. The molecule has 3 rings (SSSR count). The van der Waals surface area contributed by atoms with Crippen molar-refractivity contribution in [2.75, 3.05) is 14.2 Å². The van der Waals surface area contributed by atoms with Crippen molar-refractivity contribution < 1.29 is 9.47 Å². The third-order valence-corrected chi connectivity index (χ3v) is 4.18. The van der Waals surface area contributed by atoms with Crippen LogP contribution in [0, 0.1) is 13.8 Å². The van der Waals surface area contributed by atoms with E-state index in [2.05, 4.69) is 4.98 Å². The number of aromatic nitrogens is 2. The Morgan fingerprint density at radius 1 is 0.917 bits per heavy atom. The van der Waals surface area contributed by atoms with E-state index >= 15 is 0 Å². The van der Waals surface area contributed by atoms with Gasteiger partial charge >= 0.3 is 5.69 Å². The minimum absolute atomic E-state index is 0.178. The van der Waals surface area contributed by atoms with E-state index in [0.29, 0.717) is 11.5 Å². The molecule has 0 saturated heterocycles. The van der Waals surface area contributed by atoms with E-state index in [1.165, 1.54) is 5.56 Å². The fraction of sp³-hybridized carbons (Fsp3) is 0.211. The van der Waals surface area contributed by atoms with E-state index in [9.17, 15) is 4.79 Å². The quantitative estimate of drug-likeness (QED) is 0.799. The SMILES string of the molecule is COc1ccc(-c2cn(-c3ccc(C)c(C)c3)c(=O)[nH]2)cc1OC. The first-order valence-corrected chi connectivity index (χ1v) is 7.65. The zero-order chi connectivity index (χ0) is 17.3. The van der Waals surface area contributed by atoms with Gasteiger partial charge in [-0.2, -0.15) is 0 Å². The van der Waals surface area contributed by atoms with E-state index < -0.39 is 0 Å². The Morgan fingerprint density at radius 2 is 1.67 bits per heavy atom. The van der Waals surface area contributed by atoms with Crippen LogP contribution in [0.3, 0.4) is 0 Å². The first-order valence-electron chi connectivity index (χ1n) is 7.65. The van der Waals surface area contributed by atoms with E-state index in [1.807, 2.05) is 50.2 Å². The summed E-state index contributed by atoms with van der Waals surface area (Å²) in [5, 5.41) is 0. The average Bonchev–Trinajstić information content (AvgIpc) is 2.98. The minimum atomic E-state index is -0.178. The van der Waals surface area contributed by atoms with Gasteiger partial charge in [-0.15, -0.1) is 0 Å². The van der Waals surface area contributed by atoms with Crippen LogP contribution in [-0.4, -0.2) is 23.8 Å². The molecule has 2 aromatic carbocycles. The second-order valence-corrected chi connectivity index (χ2v) is 5.68. The molecule has 5 heteroatoms. The van der Waals surface area contributed by atoms with Gasteiger partial charge in [0.15, 0.2) is 11.5 Å². The molecule has 0 spiro atoms. The summed E-state index contributed by atoms with van der Waals surface area (Å²) in [4.78, 5) is 15.2. The van der Waals surface area contributed by atoms with Gasteiger partial charge in [-0.25, -0.2) is 4.79 Å². The minimum Gasteiger partial charge on any atom is -0.493 e. The van der Waals surface area contributed by atoms with Gasteiger partial charge in [-0.05, 0) is 55.3 Å². The van der Waals surface area contributed by atoms with Gasteiger partial charge < -0.3 is 14.5 Å². The number of hydrogen-bond acceptors (Lipinski definition) is 3. The highest BCUT2D eigenvalue weighted by Crippen LogP contribution is 2.31. The highest BCUT2D eigenvalue weighted by molar-refractivity contribution is 5.64. The van der Waals surface area contributed by atoms with Crippen molar-refractivity contribution in [3.63, 3.8) is 0 Å². The summed E-state index contributed by atoms with van der Waals surface area (Å²) >= 11 is 0. The Kier molecular flexibility index (Phi) is 4.16. The van der Waals surface area contributed by atoms with E-state index in [4.69, 9.17) is 9.47 Å². The molecule has 1 heterocycles. The molecule has 1 aromatic heterocycles. The van der Waals surface area contributed by atoms with Gasteiger partial charge in [0.1, 0.15) is 0 Å². The third kappa shape index (κ3) is 2.80. The number of nitrogens with zero attached hydrogens (tertiary/aromatic N) is 1. The maximum absolute atomic E-state index is 12.3. The predicted octanol–water partition coefficient (Wildman–Crippen LogP) is 3.47. The molecule has 0 amide bonds. The first kappa shape index (κ1) is 15.9. The summed E-state index contributed by atoms with van der Waals surface area (Å²) in [6, 6.07) is 11.5. The number of H-pyrrole nitrogens is 1. The van der Waals surface area contributed by atoms with Crippen molar-refractivity contribution in [2.24, 2.45) is 0 Å². The van der Waals surface area contributed by atoms with Gasteiger partial charge in [0.25, 0.3) is 0 Å². The van der Waals surface area contributed by atoms with Crippen LogP contribution in [0.1, 0.15) is 11.1 Å². The number of ether oxygens (including phenoxy) is 2. The Hall–Kier alpha value is -2.95. The van der Waals surface area contributed by atoms with Crippen LogP contribution in [0.2, 0.25) is 0 Å². The molecule has 3 aromatic rings. The third-order valence-electron chi connectivity index (χ3n) is 4.18. The lowest BCUT2D eigenvalue weighted by Crippen LogP contribution is -2.14. The molecular weight excluding hydrogens is 304 g/mol. The van der Waals surface area contributed by atoms with Gasteiger partial charge in [0.05, 0.1) is 25.6 Å². The molecule has 24 heavy (non-hydrogen) atoms. The van der Waals surface area contributed by atoms with Crippen molar-refractivity contribution in [1.82, 2.24) is 9.55 Å². The number of methoxy groups -OCH3 is 2. The molecular formula is C19H20N2O3. The van der Waals surface area contributed by atoms with Crippen LogP contribution < -0.4 is 15.2 Å². The largest absolute Gasteiger partial charge is 0.493 e. The molecule has 0 bridgehead atoms. The Bertz CT molecular complexity index is 938. The Morgan fingerprint density at radius 3 is 2.33 bits per heavy atom. The zero-order valence-corrected chi connectivity index (χ0v) is 14.2. The summed E-state index contributed by atoms with van der Waals surface area (Å²) in [7, 11) is 3.18. The molecule has 0 aliphatic rings. The smallest absolute Gasteiger partial charge is 0.330 e. The molecule has 0 aliphatic heterocycles. The summed E-state index contributed by atoms with van der Waals surface area (Å²) in [6.45, 7) is 4.08. The molecule has 124 valence electrons. The molecule has 0 fully saturated rings. The van der Waals surface area contributed by atoms with Crippen molar-refractivity contribution in [3.8, 4) is 28.4 Å². The van der Waals surface area contributed by atoms with Crippen LogP contribution in [0.15, 0.2) is 47.4 Å². The number of imidazole rings is 1. The normalized spacial score (nSPS) is 10.7. The second kappa shape index (κ2) is 6.28. The van der Waals surface area contributed by atoms with E-state index in [-0.39, 0.29) is 5.69 Å². The van der Waals surface area contributed by atoms with Crippen molar-refractivity contribution in [2.45, 2.75) is 13.8 Å². The zero-order valence-electron chi connectivity index (χ0n) is 14.2. The molecule has 0 aliphatic carbocycles. The van der Waals surface area contributed by atoms with Crippen LogP contribution in [-0.2, 0) is 0 Å². The highest BCUT2D eigenvalue weighted by Gasteiger charge is 2.11. The van der Waals surface area contributed by atoms with Crippen LogP contribution in [0.25, 0.3) is 16.9 Å². The summed E-state index contributed by atoms with van der Waals surface area (Å²) in [5.41, 5.74) is 4.58. The van der Waals surface area contributed by atoms with E-state index in [1.54, 1.807) is 25.0 Å². The lowest BCUT2D eigenvalue weighted by molar-refractivity contribution is 0.355. The molecule has 0 unspecified atom stereocenters. The molecule has 0 atom stereocenters. The average molecular weight is 324 g/mol. The molecule has 5 nitrogen and oxygen atoms in total. The standard InChI is InChI=1S/C19H20N2O3/c1-12-5-7-15(9-13(12)2)21-11-16(20-19(21)22)14-6-8-17(23-3)18(10-14)24-4/h5-11H,1-4H3,(H,20,22). The summed E-state index contributed by atoms with van der Waals surface area (Å²) in [5.74, 6) is 1.27. The van der Waals surface area contributed by atoms with Crippen LogP contribution >= 0.6 is 0 Å². The number of benzene rings is 2. The number of hydrogen-bond donors (Lipinski definition) is 1. The lowest BCUT2D eigenvalue weighted by Gasteiger charge is -2.08. The molecule has 1 N–H and O–H groups in total. The van der Waals surface area contributed by atoms with Crippen molar-refractivity contribution in [3.05, 3.63) is 64.2 Å². The van der Waals surface area contributed by atoms with Crippen LogP contribution in [0.5, 0.6) is 11.5 Å². The Labute approximate surface area is 140 Å². The molecule has 0 radical (unpaired) electrons. The summed E-state index contributed by atoms with van der Waals surface area (Å²) < 4.78 is 12.2. The first-order chi connectivity index (χ1) is 11.5. The van der Waals surface area contributed by atoms with Gasteiger partial charge in [0, 0.05) is 11.8 Å². The lowest BCUT2D eigenvalue weighted by atomic mass is 10.1. The predicted molar refractivity (Wildman–Crippen MR) is 94.4 cm³/mol. The number of aryl methyl sites for hydroxylation is 2. The summed E-state index contributed by atoms with van der Waals surface area (Å²) in [6.07, 6.45) is 1.80. The van der Waals surface area contributed by atoms with Gasteiger partial charge in [0.2, 0.25) is 0 Å². The van der Waals surface area contributed by atoms with Gasteiger partial charge in [-0.3, -0.25) is 4.57 Å². The van der Waals surface area contributed by atoms with Crippen molar-refractivity contribution in [1.29, 1.82) is 0 Å². The maximum Gasteiger partial charge on any atom is 0.330 e. The van der Waals surface area contributed by atoms with Crippen LogP contribution in [0.4, 0.5) is 0 Å². The Balaban J connectivity index is 2.06. The second-order valence-electron chi connectivity index (χ2n) is 5.68. The number of rotatable bonds is 4. The topological polar surface area (TPSA) is 56.2 Å². The van der Waals surface area contributed by atoms with E-state index in [0.717, 1.165) is 22.5 Å². The molecule has 0 saturated carbocycles. The monoisotopic (exact) mass is 324 g/mol. The fourth-order valence-electron chi connectivity index (χ4n) is 2.61. The van der Waals surface area contributed by atoms with Gasteiger partial charge in [-0.1, -0.05) is 6.07 Å².